The van der Waals surface area contributed by atoms with Gasteiger partial charge >= 0.3 is 0 Å². The highest BCUT2D eigenvalue weighted by Gasteiger charge is 2.23. The molecule has 6 rings (SSSR count). The predicted molar refractivity (Wildman–Crippen MR) is 179 cm³/mol. The highest BCUT2D eigenvalue weighted by molar-refractivity contribution is 7.91. The molecule has 0 amide bonds. The molecular formula is C34H35ClFN5O4S. The standard InChI is InChI=1S/C34H35ClFN5O4S/c35-31-16-28(5-7-33(31)45-21-24-2-1-3-27(36)14-24)40-34-30-15-25(4-6-32(30)38-22-39-34)26-8-11-41(19-26)20-29(42)18-37-17-23-9-12-46(43,44)13-10-23/h1-8,11,14-16,19,22-23,29,37,42H,9-10,12-13,17-18,20-21H2,(H,38,39,40). The van der Waals surface area contributed by atoms with Crippen molar-refractivity contribution in [1.29, 1.82) is 0 Å². The van der Waals surface area contributed by atoms with Crippen molar-refractivity contribution >= 4 is 43.8 Å². The van der Waals surface area contributed by atoms with E-state index in [9.17, 15) is 17.9 Å². The molecular weight excluding hydrogens is 629 g/mol. The smallest absolute Gasteiger partial charge is 0.150 e. The first-order valence-electron chi connectivity index (χ1n) is 15.1. The number of sulfone groups is 1. The summed E-state index contributed by atoms with van der Waals surface area (Å²) >= 11 is 6.51. The Morgan fingerprint density at radius 1 is 1.04 bits per heavy atom. The van der Waals surface area contributed by atoms with Crippen LogP contribution in [-0.2, 0) is 23.0 Å². The Hall–Kier alpha value is -4.03. The van der Waals surface area contributed by atoms with E-state index in [1.54, 1.807) is 24.3 Å². The number of aliphatic hydroxyl groups is 1. The van der Waals surface area contributed by atoms with Crippen LogP contribution in [0, 0.1) is 11.7 Å². The number of nitrogens with one attached hydrogen (secondary N) is 2. The predicted octanol–water partition coefficient (Wildman–Crippen LogP) is 5.99. The van der Waals surface area contributed by atoms with E-state index < -0.39 is 15.9 Å². The number of hydrogen-bond donors (Lipinski definition) is 3. The second-order valence-electron chi connectivity index (χ2n) is 11.6. The molecule has 2 aromatic heterocycles. The summed E-state index contributed by atoms with van der Waals surface area (Å²) in [5.41, 5.74) is 4.17. The van der Waals surface area contributed by atoms with Crippen molar-refractivity contribution in [3.8, 4) is 16.9 Å². The third-order valence-corrected chi connectivity index (χ3v) is 10.1. The molecule has 1 unspecified atom stereocenters. The lowest BCUT2D eigenvalue weighted by molar-refractivity contribution is 0.149. The summed E-state index contributed by atoms with van der Waals surface area (Å²) in [7, 11) is -2.87. The first kappa shape index (κ1) is 31.9. The fourth-order valence-corrected chi connectivity index (χ4v) is 7.41. The monoisotopic (exact) mass is 663 g/mol. The number of anilines is 2. The molecule has 0 spiro atoms. The fourth-order valence-electron chi connectivity index (χ4n) is 5.59. The molecule has 0 radical (unpaired) electrons. The van der Waals surface area contributed by atoms with E-state index in [-0.39, 0.29) is 23.9 Å². The van der Waals surface area contributed by atoms with Crippen molar-refractivity contribution in [2.24, 2.45) is 5.92 Å². The normalized spacial score (nSPS) is 15.5. The molecule has 1 aliphatic rings. The molecule has 1 aliphatic heterocycles. The van der Waals surface area contributed by atoms with Gasteiger partial charge in [0.25, 0.3) is 0 Å². The Labute approximate surface area is 272 Å². The SMILES string of the molecule is O=S1(=O)CCC(CNCC(O)Cn2ccc(-c3ccc4ncnc(Nc5ccc(OCc6cccc(F)c6)c(Cl)c5)c4c3)c2)CC1. The van der Waals surface area contributed by atoms with Crippen LogP contribution in [0.4, 0.5) is 15.9 Å². The molecule has 46 heavy (non-hydrogen) atoms. The maximum absolute atomic E-state index is 13.5. The molecule has 9 nitrogen and oxygen atoms in total. The highest BCUT2D eigenvalue weighted by atomic mass is 35.5. The lowest BCUT2D eigenvalue weighted by Gasteiger charge is -2.23. The molecule has 1 atom stereocenters. The van der Waals surface area contributed by atoms with E-state index in [4.69, 9.17) is 16.3 Å². The third-order valence-electron chi connectivity index (χ3n) is 8.11. The molecule has 3 heterocycles. The Morgan fingerprint density at radius 2 is 1.89 bits per heavy atom. The van der Waals surface area contributed by atoms with Crippen LogP contribution in [0.5, 0.6) is 5.75 Å². The van der Waals surface area contributed by atoms with Gasteiger partial charge < -0.3 is 25.0 Å². The molecule has 0 saturated carbocycles. The van der Waals surface area contributed by atoms with E-state index in [2.05, 4.69) is 20.6 Å². The number of fused-ring (bicyclic) bond motifs is 1. The number of rotatable bonds is 12. The Kier molecular flexibility index (Phi) is 9.83. The summed E-state index contributed by atoms with van der Waals surface area (Å²) in [6.45, 7) is 1.76. The summed E-state index contributed by atoms with van der Waals surface area (Å²) in [5, 5.41) is 18.5. The molecule has 0 aliphatic carbocycles. The maximum Gasteiger partial charge on any atom is 0.150 e. The van der Waals surface area contributed by atoms with Crippen LogP contribution in [-0.4, -0.2) is 58.8 Å². The topological polar surface area (TPSA) is 118 Å². The van der Waals surface area contributed by atoms with Crippen LogP contribution >= 0.6 is 11.6 Å². The first-order valence-corrected chi connectivity index (χ1v) is 17.3. The zero-order valence-electron chi connectivity index (χ0n) is 25.1. The molecule has 5 aromatic rings. The zero-order valence-corrected chi connectivity index (χ0v) is 26.6. The lowest BCUT2D eigenvalue weighted by atomic mass is 10.0. The fraction of sp³-hybridized carbons (Fsp3) is 0.294. The van der Waals surface area contributed by atoms with Gasteiger partial charge in [-0.3, -0.25) is 0 Å². The van der Waals surface area contributed by atoms with Crippen LogP contribution in [0.3, 0.4) is 0 Å². The summed E-state index contributed by atoms with van der Waals surface area (Å²) in [4.78, 5) is 8.90. The summed E-state index contributed by atoms with van der Waals surface area (Å²) in [6.07, 6.45) is 6.21. The Balaban J connectivity index is 1.08. The lowest BCUT2D eigenvalue weighted by Crippen LogP contribution is -2.36. The van der Waals surface area contributed by atoms with Crippen molar-refractivity contribution in [3.63, 3.8) is 0 Å². The minimum absolute atomic E-state index is 0.192. The van der Waals surface area contributed by atoms with Gasteiger partial charge in [0.15, 0.2) is 0 Å². The molecule has 0 bridgehead atoms. The van der Waals surface area contributed by atoms with Crippen molar-refractivity contribution in [2.45, 2.75) is 32.1 Å². The second-order valence-corrected chi connectivity index (χ2v) is 14.4. The highest BCUT2D eigenvalue weighted by Crippen LogP contribution is 2.32. The second kappa shape index (κ2) is 14.2. The largest absolute Gasteiger partial charge is 0.487 e. The summed E-state index contributed by atoms with van der Waals surface area (Å²) in [6, 6.07) is 19.6. The average Bonchev–Trinajstić information content (AvgIpc) is 3.50. The van der Waals surface area contributed by atoms with Crippen molar-refractivity contribution in [1.82, 2.24) is 19.9 Å². The van der Waals surface area contributed by atoms with Gasteiger partial charge in [0.1, 0.15) is 40.2 Å². The van der Waals surface area contributed by atoms with Gasteiger partial charge in [-0.2, -0.15) is 0 Å². The molecule has 3 aromatic carbocycles. The van der Waals surface area contributed by atoms with Crippen LogP contribution in [0.25, 0.3) is 22.0 Å². The van der Waals surface area contributed by atoms with E-state index >= 15 is 0 Å². The van der Waals surface area contributed by atoms with Gasteiger partial charge in [0, 0.05) is 36.6 Å². The minimum atomic E-state index is -2.87. The number of hydrogen-bond acceptors (Lipinski definition) is 8. The average molecular weight is 664 g/mol. The number of aliphatic hydroxyl groups excluding tert-OH is 1. The summed E-state index contributed by atoms with van der Waals surface area (Å²) < 4.78 is 44.5. The molecule has 12 heteroatoms. The van der Waals surface area contributed by atoms with Crippen molar-refractivity contribution < 1.29 is 22.7 Å². The number of nitrogens with zero attached hydrogens (tertiary/aromatic N) is 3. The molecule has 3 N–H and O–H groups in total. The zero-order chi connectivity index (χ0) is 32.1. The third kappa shape index (κ3) is 8.21. The van der Waals surface area contributed by atoms with Crippen molar-refractivity contribution in [3.05, 3.63) is 102 Å². The van der Waals surface area contributed by atoms with Crippen LogP contribution in [0.15, 0.2) is 85.5 Å². The van der Waals surface area contributed by atoms with E-state index in [0.29, 0.717) is 60.5 Å². The number of halogens is 2. The van der Waals surface area contributed by atoms with Gasteiger partial charge in [-0.05, 0) is 90.5 Å². The number of aromatic nitrogens is 3. The van der Waals surface area contributed by atoms with Gasteiger partial charge in [-0.1, -0.05) is 29.8 Å². The molecule has 240 valence electrons. The van der Waals surface area contributed by atoms with Gasteiger partial charge in [-0.15, -0.1) is 0 Å². The van der Waals surface area contributed by atoms with E-state index in [1.807, 2.05) is 47.3 Å². The van der Waals surface area contributed by atoms with Crippen LogP contribution < -0.4 is 15.4 Å². The van der Waals surface area contributed by atoms with Crippen LogP contribution in [0.1, 0.15) is 18.4 Å². The first-order chi connectivity index (χ1) is 22.2. The van der Waals surface area contributed by atoms with Gasteiger partial charge in [0.05, 0.1) is 28.1 Å². The minimum Gasteiger partial charge on any atom is -0.487 e. The maximum atomic E-state index is 13.5. The molecule has 1 saturated heterocycles. The number of benzene rings is 3. The van der Waals surface area contributed by atoms with Crippen molar-refractivity contribution in [2.75, 3.05) is 29.9 Å². The Morgan fingerprint density at radius 3 is 2.70 bits per heavy atom. The van der Waals surface area contributed by atoms with Gasteiger partial charge in [-0.25, -0.2) is 22.8 Å². The Bertz CT molecular complexity index is 1920. The van der Waals surface area contributed by atoms with E-state index in [1.165, 1.54) is 18.5 Å². The van der Waals surface area contributed by atoms with Gasteiger partial charge in [0.2, 0.25) is 0 Å². The molecule has 1 fully saturated rings. The quantitative estimate of drug-likeness (QED) is 0.149. The number of ether oxygens (including phenoxy) is 1. The van der Waals surface area contributed by atoms with E-state index in [0.717, 1.165) is 27.7 Å². The summed E-state index contributed by atoms with van der Waals surface area (Å²) in [5.74, 6) is 1.62. The van der Waals surface area contributed by atoms with Crippen LogP contribution in [0.2, 0.25) is 5.02 Å².